The molecule has 0 aliphatic carbocycles. The molecule has 11 aromatic rings. The van der Waals surface area contributed by atoms with Gasteiger partial charge in [-0.25, -0.2) is 9.97 Å². The van der Waals surface area contributed by atoms with E-state index in [0.717, 1.165) is 66.6 Å². The van der Waals surface area contributed by atoms with Crippen molar-refractivity contribution in [3.8, 4) is 113 Å². The molecule has 0 saturated heterocycles. The van der Waals surface area contributed by atoms with Crippen molar-refractivity contribution >= 4 is 46.4 Å². The molecule has 24 heteroatoms. The zero-order valence-electron chi connectivity index (χ0n) is 58.2. The van der Waals surface area contributed by atoms with Crippen molar-refractivity contribution in [3.05, 3.63) is 194 Å². The highest BCUT2D eigenvalue weighted by molar-refractivity contribution is 6.00. The van der Waals surface area contributed by atoms with E-state index in [9.17, 15) is 0 Å². The number of nitrogens with one attached hydrogen (secondary N) is 2. The largest absolute Gasteiger partial charge is 0.490 e. The van der Waals surface area contributed by atoms with Gasteiger partial charge in [-0.3, -0.25) is 39.9 Å². The van der Waals surface area contributed by atoms with Crippen LogP contribution in [0.2, 0.25) is 0 Å². The minimum atomic E-state index is 0.374. The first-order chi connectivity index (χ1) is 51.4. The molecule has 13 heterocycles. The number of aromatic amines is 2. The molecule has 2 aliphatic rings. The molecule has 0 atom stereocenters. The van der Waals surface area contributed by atoms with Gasteiger partial charge in [0.25, 0.3) is 0 Å². The average molecular weight is 1400 g/mol. The molecule has 24 nitrogen and oxygen atoms in total. The number of fused-ring (bicyclic) bond motifs is 8. The molecule has 0 saturated carbocycles. The normalized spacial score (nSPS) is 11.7. The Morgan fingerprint density at radius 2 is 0.442 bits per heavy atom. The standard InChI is InChI=1S/C80H78N12O12/c1-93-29-33-97-37-41-101-57-9-17-65(85-49-57)61-13-5-53(45-81-61)77-69-21-23-71(89-69)78(54-6-14-62(82-46-54)66-18-10-58(50-86-66)102-42-38-98-34-30-94-2)73-25-27-75(91-73)80(56-8-16-64(84-48-56)68-20-12-60(52-88-68)104-44-40-100-36-32-96-4)76-28-26-74(92-76)79(72-24-22-70(77)90-72)55-7-15-63(83-47-55)67-19-11-59(51-87-67)103-43-39-99-35-31-95-3/h5-28,45-52,89,92H,29-44H2,1-4H3. The highest BCUT2D eigenvalue weighted by Crippen LogP contribution is 2.40. The summed E-state index contributed by atoms with van der Waals surface area (Å²) in [5.74, 6) is 2.48. The topological polar surface area (TPSA) is 271 Å². The highest BCUT2D eigenvalue weighted by Gasteiger charge is 2.22. The zero-order valence-corrected chi connectivity index (χ0v) is 58.2. The van der Waals surface area contributed by atoms with E-state index in [1.54, 1.807) is 53.2 Å². The lowest BCUT2D eigenvalue weighted by atomic mass is 10.0. The van der Waals surface area contributed by atoms with Gasteiger partial charge >= 0.3 is 0 Å². The Hall–Kier alpha value is -11.3. The Morgan fingerprint density at radius 1 is 0.231 bits per heavy atom. The number of H-pyrrole nitrogens is 2. The van der Waals surface area contributed by atoms with Crippen LogP contribution in [0.4, 0.5) is 0 Å². The lowest BCUT2D eigenvalue weighted by Crippen LogP contribution is -2.10. The monoisotopic (exact) mass is 1400 g/mol. The van der Waals surface area contributed by atoms with Crippen LogP contribution in [0.3, 0.4) is 0 Å². The first-order valence-corrected chi connectivity index (χ1v) is 34.1. The first kappa shape index (κ1) is 71.1. The van der Waals surface area contributed by atoms with Crippen molar-refractivity contribution in [2.24, 2.45) is 0 Å². The second kappa shape index (κ2) is 36.0. The van der Waals surface area contributed by atoms with Crippen LogP contribution < -0.4 is 18.9 Å². The molecule has 13 rings (SSSR count). The Labute approximate surface area is 601 Å². The quantitative estimate of drug-likeness (QED) is 0.0345. The van der Waals surface area contributed by atoms with E-state index >= 15 is 0 Å². The molecule has 0 amide bonds. The van der Waals surface area contributed by atoms with E-state index in [0.29, 0.717) is 197 Å². The van der Waals surface area contributed by atoms with Crippen molar-refractivity contribution in [2.45, 2.75) is 0 Å². The van der Waals surface area contributed by atoms with Crippen molar-refractivity contribution in [1.29, 1.82) is 0 Å². The van der Waals surface area contributed by atoms with E-state index in [4.69, 9.17) is 107 Å². The van der Waals surface area contributed by atoms with Crippen LogP contribution in [0.5, 0.6) is 23.0 Å². The van der Waals surface area contributed by atoms with Crippen LogP contribution in [0, 0.1) is 0 Å². The van der Waals surface area contributed by atoms with Crippen molar-refractivity contribution in [3.63, 3.8) is 0 Å². The number of ether oxygens (including phenoxy) is 12. The maximum atomic E-state index is 5.91. The molecule has 11 aromatic heterocycles. The van der Waals surface area contributed by atoms with Gasteiger partial charge in [-0.15, -0.1) is 0 Å². The Balaban J connectivity index is 0.923. The van der Waals surface area contributed by atoms with Crippen LogP contribution >= 0.6 is 0 Å². The minimum absolute atomic E-state index is 0.374. The molecule has 8 bridgehead atoms. The van der Waals surface area contributed by atoms with Gasteiger partial charge in [0, 0.05) is 120 Å². The molecular weight excluding hydrogens is 1320 g/mol. The Kier molecular flexibility index (Phi) is 24.6. The minimum Gasteiger partial charge on any atom is -0.490 e. The number of pyridine rings is 8. The second-order valence-electron chi connectivity index (χ2n) is 23.6. The number of hydrogen-bond donors (Lipinski definition) is 2. The summed E-state index contributed by atoms with van der Waals surface area (Å²) in [7, 11) is 6.57. The Bertz CT molecular complexity index is 4230. The van der Waals surface area contributed by atoms with Gasteiger partial charge < -0.3 is 66.8 Å². The summed E-state index contributed by atoms with van der Waals surface area (Å²) in [5, 5.41) is 0. The van der Waals surface area contributed by atoms with Gasteiger partial charge in [0.05, 0.1) is 172 Å². The molecule has 2 aliphatic heterocycles. The van der Waals surface area contributed by atoms with Gasteiger partial charge in [0.15, 0.2) is 0 Å². The second-order valence-corrected chi connectivity index (χ2v) is 23.6. The Morgan fingerprint density at radius 3 is 0.635 bits per heavy atom. The van der Waals surface area contributed by atoms with Gasteiger partial charge in [0.2, 0.25) is 0 Å². The smallest absolute Gasteiger partial charge is 0.137 e. The van der Waals surface area contributed by atoms with E-state index in [1.807, 2.05) is 146 Å². The predicted octanol–water partition coefficient (Wildman–Crippen LogP) is 13.3. The first-order valence-electron chi connectivity index (χ1n) is 34.1. The van der Waals surface area contributed by atoms with Gasteiger partial charge in [-0.05, 0) is 121 Å². The fraction of sp³-hybridized carbons (Fsp3) is 0.250. The summed E-state index contributed by atoms with van der Waals surface area (Å²) in [6, 6.07) is 39.4. The predicted molar refractivity (Wildman–Crippen MR) is 397 cm³/mol. The number of aromatic nitrogens is 12. The van der Waals surface area contributed by atoms with Crippen molar-refractivity contribution < 1.29 is 56.8 Å². The lowest BCUT2D eigenvalue weighted by molar-refractivity contribution is 0.0544. The van der Waals surface area contributed by atoms with Crippen LogP contribution in [0.15, 0.2) is 171 Å². The number of rotatable bonds is 36. The summed E-state index contributed by atoms with van der Waals surface area (Å²) in [4.78, 5) is 57.9. The molecule has 0 unspecified atom stereocenters. The van der Waals surface area contributed by atoms with E-state index in [-0.39, 0.29) is 0 Å². The summed E-state index contributed by atoms with van der Waals surface area (Å²) < 4.78 is 66.3. The highest BCUT2D eigenvalue weighted by atomic mass is 16.6. The third-order valence-corrected chi connectivity index (χ3v) is 16.7. The number of nitrogens with zero attached hydrogens (tertiary/aromatic N) is 10. The maximum Gasteiger partial charge on any atom is 0.137 e. The van der Waals surface area contributed by atoms with E-state index in [2.05, 4.69) is 34.2 Å². The van der Waals surface area contributed by atoms with Crippen LogP contribution in [0.1, 0.15) is 22.8 Å². The third-order valence-electron chi connectivity index (χ3n) is 16.7. The molecule has 104 heavy (non-hydrogen) atoms. The van der Waals surface area contributed by atoms with E-state index < -0.39 is 0 Å². The lowest BCUT2D eigenvalue weighted by Gasteiger charge is -2.09. The SMILES string of the molecule is COCCOCCOc1ccc(-c2ccc(-c3c4nc(c(-c5ccc(-c6ccc(OCCOCCOC)cn6)nc5)c5ccc([nH]5)c(-c5ccc(-c6ccc(OCCOCCOC)cn6)nc5)c5nc(c(-c6ccc(-c7ccc(OCCOCCOC)cn7)nc6)c6ccc3[nH]6)C=C5)C=C4)cn2)nc1. The van der Waals surface area contributed by atoms with Gasteiger partial charge in [0.1, 0.15) is 49.4 Å². The summed E-state index contributed by atoms with van der Waals surface area (Å²) in [6.45, 7) is 7.22. The average Bonchev–Trinajstić information content (AvgIpc) is 1.60. The van der Waals surface area contributed by atoms with Crippen molar-refractivity contribution in [2.75, 3.05) is 134 Å². The summed E-state index contributed by atoms with van der Waals surface area (Å²) in [5.41, 5.74) is 17.6. The molecule has 0 fully saturated rings. The summed E-state index contributed by atoms with van der Waals surface area (Å²) in [6.07, 6.45) is 22.3. The molecule has 0 spiro atoms. The van der Waals surface area contributed by atoms with Gasteiger partial charge in [-0.2, -0.15) is 0 Å². The summed E-state index contributed by atoms with van der Waals surface area (Å²) >= 11 is 0. The zero-order chi connectivity index (χ0) is 71.1. The third kappa shape index (κ3) is 18.1. The fourth-order valence-corrected chi connectivity index (χ4v) is 11.5. The van der Waals surface area contributed by atoms with Crippen LogP contribution in [-0.4, -0.2) is 194 Å². The maximum absolute atomic E-state index is 5.91. The molecule has 530 valence electrons. The van der Waals surface area contributed by atoms with Gasteiger partial charge in [-0.1, -0.05) is 24.3 Å². The number of methoxy groups -OCH3 is 4. The van der Waals surface area contributed by atoms with Crippen LogP contribution in [-0.2, 0) is 37.9 Å². The number of hydrogen-bond acceptors (Lipinski definition) is 22. The molecule has 0 radical (unpaired) electrons. The van der Waals surface area contributed by atoms with Crippen molar-refractivity contribution in [1.82, 2.24) is 59.8 Å². The van der Waals surface area contributed by atoms with E-state index in [1.165, 1.54) is 0 Å². The molecule has 0 aromatic carbocycles. The molecule has 2 N–H and O–H groups in total. The molecular formula is C80H78N12O12. The van der Waals surface area contributed by atoms with Crippen LogP contribution in [0.25, 0.3) is 136 Å². The fourth-order valence-electron chi connectivity index (χ4n) is 11.5.